The van der Waals surface area contributed by atoms with E-state index in [1.165, 1.54) is 11.8 Å². The van der Waals surface area contributed by atoms with E-state index in [0.29, 0.717) is 5.16 Å². The van der Waals surface area contributed by atoms with Gasteiger partial charge in [0.2, 0.25) is 0 Å². The van der Waals surface area contributed by atoms with Gasteiger partial charge in [0, 0.05) is 13.1 Å². The van der Waals surface area contributed by atoms with E-state index in [-0.39, 0.29) is 5.75 Å². The number of aliphatic carboxylic acids is 1. The highest BCUT2D eigenvalue weighted by Crippen LogP contribution is 2.25. The number of nitrogens with zero attached hydrogens (tertiary/aromatic N) is 2. The first kappa shape index (κ1) is 11.8. The predicted molar refractivity (Wildman–Crippen MR) is 65.6 cm³/mol. The summed E-state index contributed by atoms with van der Waals surface area (Å²) in [7, 11) is 3.47. The number of hydrogen-bond donors (Lipinski definition) is 1. The zero-order chi connectivity index (χ0) is 12.4. The molecular weight excluding hydrogens is 240 g/mol. The molecule has 0 aliphatic rings. The van der Waals surface area contributed by atoms with Gasteiger partial charge in [-0.3, -0.25) is 4.79 Å². The van der Waals surface area contributed by atoms with E-state index in [1.807, 2.05) is 29.8 Å². The van der Waals surface area contributed by atoms with E-state index in [1.54, 1.807) is 7.11 Å². The van der Waals surface area contributed by atoms with Gasteiger partial charge in [-0.05, 0) is 12.1 Å². The van der Waals surface area contributed by atoms with Gasteiger partial charge in [0.05, 0.1) is 23.9 Å². The van der Waals surface area contributed by atoms with Crippen LogP contribution in [-0.4, -0.2) is 33.5 Å². The third kappa shape index (κ3) is 2.36. The highest BCUT2D eigenvalue weighted by atomic mass is 32.2. The largest absolute Gasteiger partial charge is 0.497 e. The Bertz CT molecular complexity index is 565. The molecule has 0 fully saturated rings. The average molecular weight is 252 g/mol. The van der Waals surface area contributed by atoms with Crippen LogP contribution in [0.25, 0.3) is 11.0 Å². The van der Waals surface area contributed by atoms with Crippen LogP contribution in [0.3, 0.4) is 0 Å². The number of fused-ring (bicyclic) bond motifs is 1. The number of ether oxygens (including phenoxy) is 1. The normalized spacial score (nSPS) is 10.7. The molecule has 90 valence electrons. The molecule has 0 atom stereocenters. The molecule has 1 aromatic heterocycles. The zero-order valence-corrected chi connectivity index (χ0v) is 10.3. The molecule has 17 heavy (non-hydrogen) atoms. The summed E-state index contributed by atoms with van der Waals surface area (Å²) in [5.74, 6) is -0.0798. The fourth-order valence-corrected chi connectivity index (χ4v) is 2.24. The number of aryl methyl sites for hydroxylation is 1. The van der Waals surface area contributed by atoms with E-state index in [9.17, 15) is 4.79 Å². The molecule has 0 aliphatic heterocycles. The van der Waals surface area contributed by atoms with Crippen molar-refractivity contribution in [2.75, 3.05) is 12.9 Å². The summed E-state index contributed by atoms with van der Waals surface area (Å²) >= 11 is 1.21. The summed E-state index contributed by atoms with van der Waals surface area (Å²) in [6, 6.07) is 5.58. The molecule has 2 rings (SSSR count). The second kappa shape index (κ2) is 4.67. The first-order valence-corrected chi connectivity index (χ1v) is 5.95. The zero-order valence-electron chi connectivity index (χ0n) is 9.51. The minimum Gasteiger partial charge on any atom is -0.497 e. The van der Waals surface area contributed by atoms with Crippen molar-refractivity contribution in [1.29, 1.82) is 0 Å². The van der Waals surface area contributed by atoms with Crippen LogP contribution in [0.5, 0.6) is 5.75 Å². The number of imidazole rings is 1. The highest BCUT2D eigenvalue weighted by Gasteiger charge is 2.10. The molecule has 5 nitrogen and oxygen atoms in total. The van der Waals surface area contributed by atoms with Crippen molar-refractivity contribution in [3.63, 3.8) is 0 Å². The highest BCUT2D eigenvalue weighted by molar-refractivity contribution is 7.99. The number of rotatable bonds is 4. The maximum absolute atomic E-state index is 10.5. The topological polar surface area (TPSA) is 64.3 Å². The molecule has 0 saturated heterocycles. The van der Waals surface area contributed by atoms with E-state index in [0.717, 1.165) is 16.8 Å². The standard InChI is InChI=1S/C11H12N2O3S/c1-13-9-5-7(16-2)3-4-8(9)12-11(13)17-6-10(14)15/h3-5H,6H2,1-2H3,(H,14,15). The van der Waals surface area contributed by atoms with Crippen molar-refractivity contribution in [3.05, 3.63) is 18.2 Å². The number of benzene rings is 1. The van der Waals surface area contributed by atoms with Crippen LogP contribution >= 0.6 is 11.8 Å². The van der Waals surface area contributed by atoms with Crippen LogP contribution in [0.1, 0.15) is 0 Å². The smallest absolute Gasteiger partial charge is 0.313 e. The molecule has 0 amide bonds. The maximum atomic E-state index is 10.5. The van der Waals surface area contributed by atoms with Gasteiger partial charge in [-0.1, -0.05) is 11.8 Å². The van der Waals surface area contributed by atoms with Gasteiger partial charge in [-0.2, -0.15) is 0 Å². The molecule has 1 heterocycles. The van der Waals surface area contributed by atoms with E-state index < -0.39 is 5.97 Å². The van der Waals surface area contributed by atoms with E-state index in [4.69, 9.17) is 9.84 Å². The van der Waals surface area contributed by atoms with Crippen molar-refractivity contribution < 1.29 is 14.6 Å². The monoisotopic (exact) mass is 252 g/mol. The van der Waals surface area contributed by atoms with Crippen LogP contribution < -0.4 is 4.74 Å². The summed E-state index contributed by atoms with van der Waals surface area (Å²) in [4.78, 5) is 14.9. The SMILES string of the molecule is COc1ccc2nc(SCC(=O)O)n(C)c2c1. The Balaban J connectivity index is 2.38. The number of methoxy groups -OCH3 is 1. The molecule has 0 spiro atoms. The van der Waals surface area contributed by atoms with Gasteiger partial charge in [0.1, 0.15) is 5.75 Å². The molecule has 0 radical (unpaired) electrons. The number of aromatic nitrogens is 2. The average Bonchev–Trinajstić information content (AvgIpc) is 2.63. The molecule has 0 aliphatic carbocycles. The number of carboxylic acid groups (broad SMARTS) is 1. The van der Waals surface area contributed by atoms with Crippen molar-refractivity contribution in [1.82, 2.24) is 9.55 Å². The van der Waals surface area contributed by atoms with Crippen molar-refractivity contribution in [3.8, 4) is 5.75 Å². The second-order valence-corrected chi connectivity index (χ2v) is 4.43. The number of carboxylic acids is 1. The third-order valence-corrected chi connectivity index (χ3v) is 3.39. The lowest BCUT2D eigenvalue weighted by atomic mass is 10.3. The Morgan fingerprint density at radius 3 is 3.00 bits per heavy atom. The fraction of sp³-hybridized carbons (Fsp3) is 0.273. The van der Waals surface area contributed by atoms with Crippen molar-refractivity contribution in [2.24, 2.45) is 7.05 Å². The minimum absolute atomic E-state index is 0.00823. The summed E-state index contributed by atoms with van der Waals surface area (Å²) in [6.07, 6.45) is 0. The molecule has 1 N–H and O–H groups in total. The Morgan fingerprint density at radius 1 is 1.59 bits per heavy atom. The third-order valence-electron chi connectivity index (χ3n) is 2.37. The molecule has 0 unspecified atom stereocenters. The second-order valence-electron chi connectivity index (χ2n) is 3.49. The Labute approximate surface area is 102 Å². The van der Waals surface area contributed by atoms with Crippen LogP contribution in [0, 0.1) is 0 Å². The lowest BCUT2D eigenvalue weighted by Gasteiger charge is -2.01. The Kier molecular flexibility index (Phi) is 3.23. The summed E-state index contributed by atoms with van der Waals surface area (Å²) in [5.41, 5.74) is 1.76. The van der Waals surface area contributed by atoms with Gasteiger partial charge >= 0.3 is 5.97 Å². The van der Waals surface area contributed by atoms with Crippen LogP contribution in [0.4, 0.5) is 0 Å². The van der Waals surface area contributed by atoms with Gasteiger partial charge < -0.3 is 14.4 Å². The molecule has 0 bridgehead atoms. The van der Waals surface area contributed by atoms with Gasteiger partial charge in [-0.25, -0.2) is 4.98 Å². The Morgan fingerprint density at radius 2 is 2.35 bits per heavy atom. The van der Waals surface area contributed by atoms with Crippen molar-refractivity contribution in [2.45, 2.75) is 5.16 Å². The summed E-state index contributed by atoms with van der Waals surface area (Å²) in [5, 5.41) is 9.34. The molecule has 1 aromatic carbocycles. The molecule has 2 aromatic rings. The summed E-state index contributed by atoms with van der Waals surface area (Å²) < 4.78 is 7.01. The minimum atomic E-state index is -0.848. The van der Waals surface area contributed by atoms with E-state index >= 15 is 0 Å². The summed E-state index contributed by atoms with van der Waals surface area (Å²) in [6.45, 7) is 0. The number of carbonyl (C=O) groups is 1. The van der Waals surface area contributed by atoms with Crippen LogP contribution in [0.15, 0.2) is 23.4 Å². The lowest BCUT2D eigenvalue weighted by molar-refractivity contribution is -0.133. The predicted octanol–water partition coefficient (Wildman–Crippen LogP) is 1.76. The fourth-order valence-electron chi connectivity index (χ4n) is 1.53. The van der Waals surface area contributed by atoms with Gasteiger partial charge in [0.15, 0.2) is 5.16 Å². The lowest BCUT2D eigenvalue weighted by Crippen LogP contribution is -2.00. The quantitative estimate of drug-likeness (QED) is 0.840. The molecular formula is C11H12N2O3S. The first-order valence-electron chi connectivity index (χ1n) is 4.97. The number of thioether (sulfide) groups is 1. The Hall–Kier alpha value is -1.69. The van der Waals surface area contributed by atoms with E-state index in [2.05, 4.69) is 4.98 Å². The van der Waals surface area contributed by atoms with Crippen LogP contribution in [0.2, 0.25) is 0 Å². The maximum Gasteiger partial charge on any atom is 0.313 e. The first-order chi connectivity index (χ1) is 8.11. The molecule has 0 saturated carbocycles. The van der Waals surface area contributed by atoms with Gasteiger partial charge in [-0.15, -0.1) is 0 Å². The van der Waals surface area contributed by atoms with Crippen LogP contribution in [-0.2, 0) is 11.8 Å². The molecule has 6 heteroatoms. The number of hydrogen-bond acceptors (Lipinski definition) is 4. The van der Waals surface area contributed by atoms with Crippen molar-refractivity contribution >= 4 is 28.8 Å². The van der Waals surface area contributed by atoms with Gasteiger partial charge in [0.25, 0.3) is 0 Å².